The number of carbonyl (C=O) groups excluding carboxylic acids is 1. The first-order valence-electron chi connectivity index (χ1n) is 6.65. The zero-order chi connectivity index (χ0) is 14.4. The molecule has 0 saturated heterocycles. The van der Waals surface area contributed by atoms with Crippen molar-refractivity contribution < 1.29 is 9.53 Å². The minimum atomic E-state index is -0.348. The molecule has 1 aromatic rings. The smallest absolute Gasteiger partial charge is 0.234 e. The van der Waals surface area contributed by atoms with Gasteiger partial charge in [0.1, 0.15) is 5.75 Å². The van der Waals surface area contributed by atoms with Gasteiger partial charge in [-0.05, 0) is 37.1 Å². The molecule has 19 heavy (non-hydrogen) atoms. The molecule has 4 nitrogen and oxygen atoms in total. The van der Waals surface area contributed by atoms with Crippen LogP contribution in [0, 0.1) is 6.92 Å². The van der Waals surface area contributed by atoms with Gasteiger partial charge in [0.25, 0.3) is 0 Å². The Morgan fingerprint density at radius 3 is 2.63 bits per heavy atom. The molecule has 3 N–H and O–H groups in total. The average molecular weight is 264 g/mol. The molecule has 0 radical (unpaired) electrons. The second-order valence-electron chi connectivity index (χ2n) is 5.08. The summed E-state index contributed by atoms with van der Waals surface area (Å²) in [5, 5.41) is 2.88. The van der Waals surface area contributed by atoms with Crippen molar-refractivity contribution in [1.29, 1.82) is 0 Å². The van der Waals surface area contributed by atoms with E-state index in [0.717, 1.165) is 5.75 Å². The number of aryl methyl sites for hydroxylation is 1. The van der Waals surface area contributed by atoms with Gasteiger partial charge in [-0.3, -0.25) is 4.79 Å². The summed E-state index contributed by atoms with van der Waals surface area (Å²) < 4.78 is 5.81. The summed E-state index contributed by atoms with van der Waals surface area (Å²) in [5.41, 5.74) is 7.62. The molecule has 1 aromatic carbocycles. The van der Waals surface area contributed by atoms with Gasteiger partial charge < -0.3 is 15.8 Å². The van der Waals surface area contributed by atoms with Crippen LogP contribution in [0.15, 0.2) is 18.2 Å². The van der Waals surface area contributed by atoms with Gasteiger partial charge in [0, 0.05) is 6.42 Å². The van der Waals surface area contributed by atoms with Crippen molar-refractivity contribution in [1.82, 2.24) is 5.32 Å². The van der Waals surface area contributed by atoms with Crippen LogP contribution >= 0.6 is 0 Å². The second kappa shape index (κ2) is 7.14. The Labute approximate surface area is 115 Å². The number of amides is 1. The summed E-state index contributed by atoms with van der Waals surface area (Å²) in [6, 6.07) is 5.88. The van der Waals surface area contributed by atoms with E-state index < -0.39 is 0 Å². The third-order valence-corrected chi connectivity index (χ3v) is 3.15. The Kier molecular flexibility index (Phi) is 5.83. The topological polar surface area (TPSA) is 64.3 Å². The van der Waals surface area contributed by atoms with Crippen molar-refractivity contribution in [3.8, 4) is 5.75 Å². The van der Waals surface area contributed by atoms with E-state index in [1.54, 1.807) is 7.05 Å². The van der Waals surface area contributed by atoms with Crippen molar-refractivity contribution in [2.24, 2.45) is 5.73 Å². The number of nitrogens with one attached hydrogen (secondary N) is 1. The van der Waals surface area contributed by atoms with Crippen molar-refractivity contribution in [3.05, 3.63) is 29.3 Å². The Bertz CT molecular complexity index is 430. The molecule has 106 valence electrons. The number of hydrogen-bond donors (Lipinski definition) is 2. The van der Waals surface area contributed by atoms with Gasteiger partial charge in [-0.25, -0.2) is 0 Å². The van der Waals surface area contributed by atoms with Crippen molar-refractivity contribution in [3.63, 3.8) is 0 Å². The van der Waals surface area contributed by atoms with Crippen LogP contribution in [-0.2, 0) is 4.79 Å². The number of primary amides is 1. The lowest BCUT2D eigenvalue weighted by molar-refractivity contribution is -0.120. The minimum Gasteiger partial charge on any atom is -0.493 e. The molecule has 0 bridgehead atoms. The van der Waals surface area contributed by atoms with Gasteiger partial charge in [-0.1, -0.05) is 26.0 Å². The molecule has 4 heteroatoms. The first-order valence-corrected chi connectivity index (χ1v) is 6.65. The third kappa shape index (κ3) is 4.56. The number of ether oxygens (including phenoxy) is 1. The number of nitrogens with two attached hydrogens (primary N) is 1. The summed E-state index contributed by atoms with van der Waals surface area (Å²) in [6.45, 7) is 6.78. The Morgan fingerprint density at radius 2 is 2.11 bits per heavy atom. The molecule has 0 aliphatic carbocycles. The Morgan fingerprint density at radius 1 is 1.42 bits per heavy atom. The highest BCUT2D eigenvalue weighted by Gasteiger charge is 2.13. The summed E-state index contributed by atoms with van der Waals surface area (Å²) in [4.78, 5) is 11.1. The van der Waals surface area contributed by atoms with E-state index in [-0.39, 0.29) is 11.9 Å². The number of rotatable bonds is 7. The second-order valence-corrected chi connectivity index (χ2v) is 5.08. The first kappa shape index (κ1) is 15.5. The molecular weight excluding hydrogens is 240 g/mol. The molecule has 1 rings (SSSR count). The van der Waals surface area contributed by atoms with E-state index in [2.05, 4.69) is 31.3 Å². The maximum Gasteiger partial charge on any atom is 0.234 e. The SMILES string of the molecule is CNC(CCOc1cc(C)ccc1C(C)C)C(N)=O. The van der Waals surface area contributed by atoms with Gasteiger partial charge in [0.15, 0.2) is 0 Å². The number of carbonyl (C=O) groups is 1. The number of likely N-dealkylation sites (N-methyl/N-ethyl adjacent to an activating group) is 1. The maximum absolute atomic E-state index is 11.1. The normalized spacial score (nSPS) is 12.5. The zero-order valence-electron chi connectivity index (χ0n) is 12.2. The number of hydrogen-bond acceptors (Lipinski definition) is 3. The number of benzene rings is 1. The van der Waals surface area contributed by atoms with Gasteiger partial charge >= 0.3 is 0 Å². The van der Waals surface area contributed by atoms with Crippen LogP contribution in [0.3, 0.4) is 0 Å². The third-order valence-electron chi connectivity index (χ3n) is 3.15. The lowest BCUT2D eigenvalue weighted by Gasteiger charge is -2.17. The molecular formula is C15H24N2O2. The van der Waals surface area contributed by atoms with E-state index in [9.17, 15) is 4.79 Å². The van der Waals surface area contributed by atoms with Crippen molar-refractivity contribution in [2.45, 2.75) is 39.2 Å². The molecule has 0 saturated carbocycles. The van der Waals surface area contributed by atoms with E-state index in [1.165, 1.54) is 11.1 Å². The van der Waals surface area contributed by atoms with E-state index in [1.807, 2.05) is 13.0 Å². The van der Waals surface area contributed by atoms with Crippen LogP contribution in [0.25, 0.3) is 0 Å². The predicted molar refractivity (Wildman–Crippen MR) is 77.4 cm³/mol. The predicted octanol–water partition coefficient (Wildman–Crippen LogP) is 1.96. The molecule has 0 aromatic heterocycles. The highest BCUT2D eigenvalue weighted by Crippen LogP contribution is 2.27. The molecule has 0 aliphatic rings. The summed E-state index contributed by atoms with van der Waals surface area (Å²) in [5.74, 6) is 0.959. The quantitative estimate of drug-likeness (QED) is 0.791. The summed E-state index contributed by atoms with van der Waals surface area (Å²) in [6.07, 6.45) is 0.567. The summed E-state index contributed by atoms with van der Waals surface area (Å²) in [7, 11) is 1.72. The standard InChI is InChI=1S/C15H24N2O2/c1-10(2)12-6-5-11(3)9-14(12)19-8-7-13(17-4)15(16)18/h5-6,9-10,13,17H,7-8H2,1-4H3,(H2,16,18). The van der Waals surface area contributed by atoms with Crippen LogP contribution in [-0.4, -0.2) is 25.6 Å². The molecule has 0 fully saturated rings. The Balaban J connectivity index is 2.66. The van der Waals surface area contributed by atoms with Crippen LogP contribution in [0.1, 0.15) is 37.3 Å². The van der Waals surface area contributed by atoms with Gasteiger partial charge in [-0.2, -0.15) is 0 Å². The van der Waals surface area contributed by atoms with Gasteiger partial charge in [0.2, 0.25) is 5.91 Å². The van der Waals surface area contributed by atoms with Crippen molar-refractivity contribution >= 4 is 5.91 Å². The zero-order valence-corrected chi connectivity index (χ0v) is 12.2. The van der Waals surface area contributed by atoms with Crippen LogP contribution < -0.4 is 15.8 Å². The monoisotopic (exact) mass is 264 g/mol. The maximum atomic E-state index is 11.1. The van der Waals surface area contributed by atoms with Crippen LogP contribution in [0.4, 0.5) is 0 Å². The highest BCUT2D eigenvalue weighted by atomic mass is 16.5. The molecule has 1 atom stereocenters. The molecule has 0 heterocycles. The van der Waals surface area contributed by atoms with E-state index in [0.29, 0.717) is 18.9 Å². The minimum absolute atomic E-state index is 0.340. The van der Waals surface area contributed by atoms with E-state index in [4.69, 9.17) is 10.5 Å². The average Bonchev–Trinajstić information content (AvgIpc) is 2.33. The fraction of sp³-hybridized carbons (Fsp3) is 0.533. The van der Waals surface area contributed by atoms with Gasteiger partial charge in [0.05, 0.1) is 12.6 Å². The fourth-order valence-corrected chi connectivity index (χ4v) is 1.96. The molecule has 0 spiro atoms. The lowest BCUT2D eigenvalue weighted by Crippen LogP contribution is -2.40. The lowest BCUT2D eigenvalue weighted by atomic mass is 10.0. The van der Waals surface area contributed by atoms with Crippen LogP contribution in [0.2, 0.25) is 0 Å². The highest BCUT2D eigenvalue weighted by molar-refractivity contribution is 5.79. The fourth-order valence-electron chi connectivity index (χ4n) is 1.96. The Hall–Kier alpha value is -1.55. The van der Waals surface area contributed by atoms with E-state index >= 15 is 0 Å². The van der Waals surface area contributed by atoms with Crippen molar-refractivity contribution in [2.75, 3.05) is 13.7 Å². The molecule has 1 amide bonds. The summed E-state index contributed by atoms with van der Waals surface area (Å²) >= 11 is 0. The van der Waals surface area contributed by atoms with Crippen LogP contribution in [0.5, 0.6) is 5.75 Å². The molecule has 1 unspecified atom stereocenters. The molecule has 0 aliphatic heterocycles. The largest absolute Gasteiger partial charge is 0.493 e. The first-order chi connectivity index (χ1) is 8.95. The van der Waals surface area contributed by atoms with Gasteiger partial charge in [-0.15, -0.1) is 0 Å².